The first-order valence-electron chi connectivity index (χ1n) is 11.0. The minimum Gasteiger partial charge on any atom is -0.385 e. The molecule has 1 N–H and O–H groups in total. The number of carbonyl (C=O) groups excluding carboxylic acids is 2. The highest BCUT2D eigenvalue weighted by Gasteiger charge is 2.31. The Labute approximate surface area is 189 Å². The monoisotopic (exact) mass is 443 g/mol. The Morgan fingerprint density at radius 2 is 1.90 bits per heavy atom. The smallest absolute Gasteiger partial charge is 0.265 e. The first kappa shape index (κ1) is 23.4. The number of nitrogens with one attached hydrogen (secondary N) is 1. The molecule has 6 nitrogen and oxygen atoms in total. The van der Waals surface area contributed by atoms with E-state index in [0.29, 0.717) is 32.2 Å². The molecule has 1 unspecified atom stereocenters. The number of methoxy groups -OCH3 is 1. The van der Waals surface area contributed by atoms with Crippen LogP contribution in [-0.4, -0.2) is 55.0 Å². The van der Waals surface area contributed by atoms with Gasteiger partial charge in [0.1, 0.15) is 9.88 Å². The molecule has 1 fully saturated rings. The summed E-state index contributed by atoms with van der Waals surface area (Å²) in [6.45, 7) is 8.62. The van der Waals surface area contributed by atoms with E-state index in [4.69, 9.17) is 4.74 Å². The van der Waals surface area contributed by atoms with Gasteiger partial charge in [-0.2, -0.15) is 0 Å². The summed E-state index contributed by atoms with van der Waals surface area (Å²) in [6, 6.07) is 8.23. The van der Waals surface area contributed by atoms with Crippen molar-refractivity contribution in [1.29, 1.82) is 0 Å². The molecule has 0 aliphatic carbocycles. The van der Waals surface area contributed by atoms with Crippen molar-refractivity contribution in [3.63, 3.8) is 0 Å². The molecule has 168 valence electrons. The Morgan fingerprint density at radius 3 is 2.55 bits per heavy atom. The molecule has 0 saturated carbocycles. The van der Waals surface area contributed by atoms with Crippen molar-refractivity contribution in [3.8, 4) is 10.6 Å². The van der Waals surface area contributed by atoms with E-state index in [-0.39, 0.29) is 17.7 Å². The largest absolute Gasteiger partial charge is 0.385 e. The Kier molecular flexibility index (Phi) is 8.21. The van der Waals surface area contributed by atoms with Gasteiger partial charge in [0.05, 0.1) is 5.69 Å². The predicted octanol–water partition coefficient (Wildman–Crippen LogP) is 4.07. The van der Waals surface area contributed by atoms with Crippen LogP contribution in [0.2, 0.25) is 0 Å². The molecule has 3 rings (SSSR count). The molecule has 1 aliphatic rings. The second-order valence-corrected chi connectivity index (χ2v) is 9.35. The number of nitrogens with zero attached hydrogens (tertiary/aromatic N) is 2. The van der Waals surface area contributed by atoms with Crippen molar-refractivity contribution in [1.82, 2.24) is 15.2 Å². The molecule has 1 aromatic heterocycles. The standard InChI is InChI=1S/C24H33N3O3S/c1-16-6-8-20(9-7-16)23-26-18(3)21(31-23)24(29)27-13-10-19(11-14-27)17(2)22(28)25-12-5-15-30-4/h6-9,17,19H,5,10-15H2,1-4H3,(H,25,28). The number of ether oxygens (including phenoxy) is 1. The molecule has 2 aromatic rings. The number of carbonyl (C=O) groups is 2. The molecular formula is C24H33N3O3S. The van der Waals surface area contributed by atoms with Gasteiger partial charge in [-0.25, -0.2) is 4.98 Å². The third kappa shape index (κ3) is 5.92. The van der Waals surface area contributed by atoms with Crippen molar-refractivity contribution in [2.75, 3.05) is 33.4 Å². The molecule has 31 heavy (non-hydrogen) atoms. The minimum atomic E-state index is -0.0434. The number of rotatable bonds is 8. The number of hydrogen-bond donors (Lipinski definition) is 1. The maximum Gasteiger partial charge on any atom is 0.265 e. The van der Waals surface area contributed by atoms with E-state index in [1.54, 1.807) is 7.11 Å². The summed E-state index contributed by atoms with van der Waals surface area (Å²) < 4.78 is 5.02. The van der Waals surface area contributed by atoms with Crippen molar-refractivity contribution in [2.45, 2.75) is 40.0 Å². The summed E-state index contributed by atoms with van der Waals surface area (Å²) in [5, 5.41) is 3.88. The number of likely N-dealkylation sites (tertiary alicyclic amines) is 1. The second kappa shape index (κ2) is 10.9. The number of thiazole rings is 1. The highest BCUT2D eigenvalue weighted by Crippen LogP contribution is 2.31. The van der Waals surface area contributed by atoms with Crippen LogP contribution < -0.4 is 5.32 Å². The Morgan fingerprint density at radius 1 is 1.23 bits per heavy atom. The molecule has 2 heterocycles. The number of aromatic nitrogens is 1. The Hall–Kier alpha value is -2.25. The molecule has 7 heteroatoms. The van der Waals surface area contributed by atoms with Gasteiger partial charge < -0.3 is 15.0 Å². The first-order chi connectivity index (χ1) is 14.9. The third-order valence-corrected chi connectivity index (χ3v) is 7.26. The average molecular weight is 444 g/mol. The van der Waals surface area contributed by atoms with E-state index in [2.05, 4.69) is 41.5 Å². The summed E-state index contributed by atoms with van der Waals surface area (Å²) in [6.07, 6.45) is 2.52. The number of amides is 2. The summed E-state index contributed by atoms with van der Waals surface area (Å²) in [5.74, 6) is 0.417. The lowest BCUT2D eigenvalue weighted by Crippen LogP contribution is -2.42. The van der Waals surface area contributed by atoms with Crippen molar-refractivity contribution in [3.05, 3.63) is 40.4 Å². The number of piperidine rings is 1. The first-order valence-corrected chi connectivity index (χ1v) is 11.8. The molecule has 1 aromatic carbocycles. The van der Waals surface area contributed by atoms with E-state index in [1.807, 2.05) is 18.7 Å². The fourth-order valence-corrected chi connectivity index (χ4v) is 5.00. The van der Waals surface area contributed by atoms with Gasteiger partial charge in [-0.05, 0) is 39.0 Å². The van der Waals surface area contributed by atoms with Gasteiger partial charge in [-0.3, -0.25) is 9.59 Å². The SMILES string of the molecule is COCCCNC(=O)C(C)C1CCN(C(=O)c2sc(-c3ccc(C)cc3)nc2C)CC1. The molecule has 2 amide bonds. The van der Waals surface area contributed by atoms with Crippen molar-refractivity contribution in [2.24, 2.45) is 11.8 Å². The van der Waals surface area contributed by atoms with Gasteiger partial charge in [0.2, 0.25) is 5.91 Å². The van der Waals surface area contributed by atoms with Gasteiger partial charge >= 0.3 is 0 Å². The Bertz CT molecular complexity index is 886. The Balaban J connectivity index is 1.55. The maximum atomic E-state index is 13.1. The van der Waals surface area contributed by atoms with Gasteiger partial charge in [-0.1, -0.05) is 36.8 Å². The molecule has 0 radical (unpaired) electrons. The second-order valence-electron chi connectivity index (χ2n) is 8.36. The third-order valence-electron chi connectivity index (χ3n) is 6.06. The van der Waals surface area contributed by atoms with Crippen LogP contribution in [0.1, 0.15) is 47.1 Å². The van der Waals surface area contributed by atoms with E-state index in [0.717, 1.165) is 40.4 Å². The van der Waals surface area contributed by atoms with Crippen LogP contribution in [0.25, 0.3) is 10.6 Å². The molecular weight excluding hydrogens is 410 g/mol. The average Bonchev–Trinajstić information content (AvgIpc) is 3.17. The zero-order valence-electron chi connectivity index (χ0n) is 18.9. The molecule has 1 saturated heterocycles. The quantitative estimate of drug-likeness (QED) is 0.625. The molecule has 0 bridgehead atoms. The van der Waals surface area contributed by atoms with Crippen LogP contribution in [-0.2, 0) is 9.53 Å². The van der Waals surface area contributed by atoms with Crippen LogP contribution in [0.3, 0.4) is 0 Å². The topological polar surface area (TPSA) is 71.5 Å². The zero-order valence-corrected chi connectivity index (χ0v) is 19.8. The van der Waals surface area contributed by atoms with Crippen LogP contribution in [0, 0.1) is 25.7 Å². The lowest BCUT2D eigenvalue weighted by Gasteiger charge is -2.34. The van der Waals surface area contributed by atoms with E-state index in [9.17, 15) is 9.59 Å². The van der Waals surface area contributed by atoms with Gasteiger partial charge in [-0.15, -0.1) is 11.3 Å². The summed E-state index contributed by atoms with van der Waals surface area (Å²) in [5.41, 5.74) is 3.03. The van der Waals surface area contributed by atoms with Crippen LogP contribution in [0.5, 0.6) is 0 Å². The van der Waals surface area contributed by atoms with Crippen molar-refractivity contribution < 1.29 is 14.3 Å². The maximum absolute atomic E-state index is 13.1. The highest BCUT2D eigenvalue weighted by molar-refractivity contribution is 7.17. The normalized spacial score (nSPS) is 15.7. The van der Waals surface area contributed by atoms with Crippen molar-refractivity contribution >= 4 is 23.2 Å². The zero-order chi connectivity index (χ0) is 22.4. The van der Waals surface area contributed by atoms with E-state index >= 15 is 0 Å². The predicted molar refractivity (Wildman–Crippen MR) is 124 cm³/mol. The number of benzene rings is 1. The molecule has 1 aliphatic heterocycles. The van der Waals surface area contributed by atoms with Crippen LogP contribution in [0.4, 0.5) is 0 Å². The van der Waals surface area contributed by atoms with E-state index in [1.165, 1.54) is 16.9 Å². The summed E-state index contributed by atoms with van der Waals surface area (Å²) in [7, 11) is 1.66. The number of hydrogen-bond acceptors (Lipinski definition) is 5. The lowest BCUT2D eigenvalue weighted by atomic mass is 9.84. The fourth-order valence-electron chi connectivity index (χ4n) is 3.96. The summed E-state index contributed by atoms with van der Waals surface area (Å²) in [4.78, 5) is 32.8. The lowest BCUT2D eigenvalue weighted by molar-refractivity contribution is -0.126. The highest BCUT2D eigenvalue weighted by atomic mass is 32.1. The fraction of sp³-hybridized carbons (Fsp3) is 0.542. The number of aryl methyl sites for hydroxylation is 2. The summed E-state index contributed by atoms with van der Waals surface area (Å²) >= 11 is 1.47. The molecule has 0 spiro atoms. The van der Waals surface area contributed by atoms with E-state index < -0.39 is 0 Å². The minimum absolute atomic E-state index is 0.0434. The molecule has 1 atom stereocenters. The van der Waals surface area contributed by atoms with Crippen LogP contribution >= 0.6 is 11.3 Å². The van der Waals surface area contributed by atoms with Crippen LogP contribution in [0.15, 0.2) is 24.3 Å². The van der Waals surface area contributed by atoms with Gasteiger partial charge in [0, 0.05) is 44.8 Å². The van der Waals surface area contributed by atoms with Gasteiger partial charge in [0.25, 0.3) is 5.91 Å². The van der Waals surface area contributed by atoms with Gasteiger partial charge in [0.15, 0.2) is 0 Å².